The van der Waals surface area contributed by atoms with Gasteiger partial charge in [-0.2, -0.15) is 0 Å². The van der Waals surface area contributed by atoms with Gasteiger partial charge in [-0.15, -0.1) is 0 Å². The van der Waals surface area contributed by atoms with Crippen molar-refractivity contribution < 1.29 is 14.3 Å². The van der Waals surface area contributed by atoms with E-state index in [1.165, 1.54) is 0 Å². The third kappa shape index (κ3) is 3.47. The number of hydrogen-bond donors (Lipinski definition) is 0. The molecule has 2 saturated heterocycles. The number of pyridine rings is 1. The van der Waals surface area contributed by atoms with Gasteiger partial charge in [0, 0.05) is 44.4 Å². The van der Waals surface area contributed by atoms with Crippen LogP contribution in [0.25, 0.3) is 0 Å². The van der Waals surface area contributed by atoms with E-state index in [4.69, 9.17) is 4.74 Å². The summed E-state index contributed by atoms with van der Waals surface area (Å²) in [7, 11) is 0. The van der Waals surface area contributed by atoms with Crippen molar-refractivity contribution in [3.05, 3.63) is 29.6 Å². The van der Waals surface area contributed by atoms with E-state index >= 15 is 0 Å². The molecule has 6 nitrogen and oxygen atoms in total. The van der Waals surface area contributed by atoms with Gasteiger partial charge in [0.25, 0.3) is 5.91 Å². The highest BCUT2D eigenvalue weighted by atomic mass is 16.5. The van der Waals surface area contributed by atoms with Gasteiger partial charge in [-0.3, -0.25) is 14.6 Å². The highest BCUT2D eigenvalue weighted by molar-refractivity contribution is 5.92. The van der Waals surface area contributed by atoms with E-state index in [0.717, 1.165) is 31.5 Å². The Kier molecular flexibility index (Phi) is 5.61. The number of carbonyl (C=O) groups is 2. The van der Waals surface area contributed by atoms with E-state index in [1.54, 1.807) is 12.3 Å². The summed E-state index contributed by atoms with van der Waals surface area (Å²) in [5.41, 5.74) is 1.47. The van der Waals surface area contributed by atoms with Crippen molar-refractivity contribution >= 4 is 11.8 Å². The van der Waals surface area contributed by atoms with Crippen molar-refractivity contribution in [2.24, 2.45) is 11.3 Å². The molecule has 2 aliphatic rings. The fourth-order valence-corrected chi connectivity index (χ4v) is 4.22. The van der Waals surface area contributed by atoms with Crippen molar-refractivity contribution in [1.82, 2.24) is 14.8 Å². The molecule has 1 aromatic rings. The summed E-state index contributed by atoms with van der Waals surface area (Å²) >= 11 is 0. The average molecular weight is 359 g/mol. The van der Waals surface area contributed by atoms with Gasteiger partial charge in [-0.05, 0) is 45.2 Å². The molecule has 0 bridgehead atoms. The Balaban J connectivity index is 1.70. The molecule has 0 radical (unpaired) electrons. The Labute approximate surface area is 155 Å². The second-order valence-electron chi connectivity index (χ2n) is 7.44. The minimum absolute atomic E-state index is 0.0159. The van der Waals surface area contributed by atoms with E-state index in [2.05, 4.69) is 4.98 Å². The Morgan fingerprint density at radius 1 is 1.31 bits per heavy atom. The van der Waals surface area contributed by atoms with Gasteiger partial charge in [-0.25, -0.2) is 0 Å². The maximum Gasteiger partial charge on any atom is 0.272 e. The van der Waals surface area contributed by atoms with Crippen LogP contribution in [0.4, 0.5) is 0 Å². The van der Waals surface area contributed by atoms with Crippen molar-refractivity contribution in [3.63, 3.8) is 0 Å². The molecule has 0 saturated carbocycles. The highest BCUT2D eigenvalue weighted by Gasteiger charge is 2.53. The Hall–Kier alpha value is -1.95. The normalized spacial score (nSPS) is 22.3. The zero-order chi connectivity index (χ0) is 18.7. The minimum atomic E-state index is -0.0860. The number of aromatic nitrogens is 1. The van der Waals surface area contributed by atoms with Crippen LogP contribution in [0.3, 0.4) is 0 Å². The number of carbonyl (C=O) groups excluding carboxylic acids is 2. The second kappa shape index (κ2) is 7.74. The van der Waals surface area contributed by atoms with Gasteiger partial charge in [-0.1, -0.05) is 6.07 Å². The summed E-state index contributed by atoms with van der Waals surface area (Å²) in [6.45, 7) is 9.90. The second-order valence-corrected chi connectivity index (χ2v) is 7.44. The van der Waals surface area contributed by atoms with Crippen molar-refractivity contribution in [2.75, 3.05) is 39.4 Å². The average Bonchev–Trinajstić information content (AvgIpc) is 2.92. The maximum absolute atomic E-state index is 12.7. The Morgan fingerprint density at radius 3 is 2.62 bits per heavy atom. The molecule has 0 N–H and O–H groups in total. The Bertz CT molecular complexity index is 651. The monoisotopic (exact) mass is 359 g/mol. The lowest BCUT2D eigenvalue weighted by molar-refractivity contribution is -0.133. The van der Waals surface area contributed by atoms with Crippen molar-refractivity contribution in [3.8, 4) is 0 Å². The molecule has 6 heteroatoms. The van der Waals surface area contributed by atoms with E-state index in [9.17, 15) is 9.59 Å². The molecule has 3 rings (SSSR count). The molecule has 0 aliphatic carbocycles. The first-order chi connectivity index (χ1) is 12.5. The summed E-state index contributed by atoms with van der Waals surface area (Å²) in [5, 5.41) is 0. The SMILES string of the molecule is CCOC[C@@H]1C(=O)N(CC)CC12CCN(C(=O)c1ccc(C)cn1)CC2. The van der Waals surface area contributed by atoms with Crippen LogP contribution >= 0.6 is 0 Å². The van der Waals surface area contributed by atoms with Crippen LogP contribution in [0.2, 0.25) is 0 Å². The van der Waals surface area contributed by atoms with Crippen molar-refractivity contribution in [1.29, 1.82) is 0 Å². The smallest absolute Gasteiger partial charge is 0.272 e. The molecule has 142 valence electrons. The van der Waals surface area contributed by atoms with Crippen LogP contribution in [-0.4, -0.2) is 66.0 Å². The predicted octanol–water partition coefficient (Wildman–Crippen LogP) is 2.13. The molecule has 0 aromatic carbocycles. The van der Waals surface area contributed by atoms with Gasteiger partial charge >= 0.3 is 0 Å². The summed E-state index contributed by atoms with van der Waals surface area (Å²) in [6, 6.07) is 3.70. The summed E-state index contributed by atoms with van der Waals surface area (Å²) in [6.07, 6.45) is 3.40. The van der Waals surface area contributed by atoms with Gasteiger partial charge < -0.3 is 14.5 Å². The van der Waals surface area contributed by atoms with Crippen LogP contribution in [0.5, 0.6) is 0 Å². The lowest BCUT2D eigenvalue weighted by atomic mass is 9.71. The summed E-state index contributed by atoms with van der Waals surface area (Å²) in [5.74, 6) is 0.107. The molecule has 1 atom stereocenters. The van der Waals surface area contributed by atoms with E-state index in [1.807, 2.05) is 36.6 Å². The summed E-state index contributed by atoms with van der Waals surface area (Å²) in [4.78, 5) is 33.5. The number of piperidine rings is 1. The first-order valence-electron chi connectivity index (χ1n) is 9.59. The molecular formula is C20H29N3O3. The van der Waals surface area contributed by atoms with E-state index in [-0.39, 0.29) is 23.1 Å². The molecule has 2 amide bonds. The Morgan fingerprint density at radius 2 is 2.04 bits per heavy atom. The van der Waals surface area contributed by atoms with Crippen LogP contribution < -0.4 is 0 Å². The molecule has 1 aromatic heterocycles. The first-order valence-corrected chi connectivity index (χ1v) is 9.59. The minimum Gasteiger partial charge on any atom is -0.381 e. The molecule has 2 aliphatic heterocycles. The lowest BCUT2D eigenvalue weighted by Gasteiger charge is -2.41. The third-order valence-electron chi connectivity index (χ3n) is 5.90. The molecule has 1 spiro atoms. The standard InChI is InChI=1S/C20H29N3O3/c1-4-22-14-20(16(18(22)24)13-26-5-2)8-10-23(11-9-20)19(25)17-7-6-15(3)12-21-17/h6-7,12,16H,4-5,8-11,13-14H2,1-3H3/t16-/m1/s1. The number of hydrogen-bond acceptors (Lipinski definition) is 4. The number of amides is 2. The lowest BCUT2D eigenvalue weighted by Crippen LogP contribution is -2.47. The fraction of sp³-hybridized carbons (Fsp3) is 0.650. The van der Waals surface area contributed by atoms with Crippen LogP contribution in [-0.2, 0) is 9.53 Å². The summed E-state index contributed by atoms with van der Waals surface area (Å²) < 4.78 is 5.62. The molecule has 3 heterocycles. The van der Waals surface area contributed by atoms with Crippen LogP contribution in [0, 0.1) is 18.3 Å². The molecule has 0 unspecified atom stereocenters. The predicted molar refractivity (Wildman–Crippen MR) is 98.8 cm³/mol. The number of nitrogens with zero attached hydrogens (tertiary/aromatic N) is 3. The number of ether oxygens (including phenoxy) is 1. The number of likely N-dealkylation sites (tertiary alicyclic amines) is 2. The zero-order valence-corrected chi connectivity index (χ0v) is 16.0. The van der Waals surface area contributed by atoms with Gasteiger partial charge in [0.2, 0.25) is 5.91 Å². The third-order valence-corrected chi connectivity index (χ3v) is 5.90. The van der Waals surface area contributed by atoms with E-state index in [0.29, 0.717) is 32.0 Å². The zero-order valence-electron chi connectivity index (χ0n) is 16.0. The maximum atomic E-state index is 12.7. The quantitative estimate of drug-likeness (QED) is 0.808. The number of rotatable bonds is 5. The fourth-order valence-electron chi connectivity index (χ4n) is 4.22. The van der Waals surface area contributed by atoms with Crippen LogP contribution in [0.1, 0.15) is 42.7 Å². The largest absolute Gasteiger partial charge is 0.381 e. The van der Waals surface area contributed by atoms with Crippen LogP contribution in [0.15, 0.2) is 18.3 Å². The van der Waals surface area contributed by atoms with Gasteiger partial charge in [0.05, 0.1) is 12.5 Å². The first kappa shape index (κ1) is 18.8. The van der Waals surface area contributed by atoms with Gasteiger partial charge in [0.1, 0.15) is 5.69 Å². The highest BCUT2D eigenvalue weighted by Crippen LogP contribution is 2.45. The van der Waals surface area contributed by atoms with Crippen molar-refractivity contribution in [2.45, 2.75) is 33.6 Å². The van der Waals surface area contributed by atoms with E-state index < -0.39 is 0 Å². The molecular weight excluding hydrogens is 330 g/mol. The number of aryl methyl sites for hydroxylation is 1. The topological polar surface area (TPSA) is 62.7 Å². The van der Waals surface area contributed by atoms with Gasteiger partial charge in [0.15, 0.2) is 0 Å². The molecule has 2 fully saturated rings. The molecule has 26 heavy (non-hydrogen) atoms.